The highest BCUT2D eigenvalue weighted by atomic mass is 35.5. The third kappa shape index (κ3) is 4.54. The lowest BCUT2D eigenvalue weighted by molar-refractivity contribution is 0.0691. The maximum absolute atomic E-state index is 13.6. The molecule has 25 heavy (non-hydrogen) atoms. The molecule has 0 aliphatic heterocycles. The molecule has 0 atom stereocenters. The summed E-state index contributed by atoms with van der Waals surface area (Å²) in [5, 5.41) is 14.0. The quantitative estimate of drug-likeness (QED) is 0.685. The van der Waals surface area contributed by atoms with Crippen molar-refractivity contribution in [3.05, 3.63) is 70.0 Å². The number of hydrogen-bond acceptors (Lipinski definition) is 3. The molecular formula is C17H14ClFN2O4. The number of benzene rings is 2. The molecule has 2 aromatic rings. The van der Waals surface area contributed by atoms with Crippen molar-refractivity contribution in [2.24, 2.45) is 0 Å². The van der Waals surface area contributed by atoms with Crippen LogP contribution in [0.3, 0.4) is 0 Å². The lowest BCUT2D eigenvalue weighted by Crippen LogP contribution is -2.35. The molecule has 8 heteroatoms. The van der Waals surface area contributed by atoms with E-state index >= 15 is 0 Å². The first-order valence-corrected chi connectivity index (χ1v) is 7.62. The van der Waals surface area contributed by atoms with Crippen molar-refractivity contribution < 1.29 is 23.9 Å². The van der Waals surface area contributed by atoms with Crippen molar-refractivity contribution in [1.82, 2.24) is 10.6 Å². The van der Waals surface area contributed by atoms with Crippen LogP contribution in [-0.2, 0) is 0 Å². The van der Waals surface area contributed by atoms with Gasteiger partial charge in [-0.2, -0.15) is 0 Å². The summed E-state index contributed by atoms with van der Waals surface area (Å²) in [6.07, 6.45) is 0. The van der Waals surface area contributed by atoms with Crippen LogP contribution >= 0.6 is 11.6 Å². The van der Waals surface area contributed by atoms with E-state index in [-0.39, 0.29) is 34.8 Å². The van der Waals surface area contributed by atoms with E-state index in [2.05, 4.69) is 10.6 Å². The van der Waals surface area contributed by atoms with Crippen molar-refractivity contribution in [2.75, 3.05) is 13.1 Å². The smallest absolute Gasteiger partial charge is 0.336 e. The van der Waals surface area contributed by atoms with Gasteiger partial charge >= 0.3 is 5.97 Å². The molecule has 2 rings (SSSR count). The van der Waals surface area contributed by atoms with Crippen LogP contribution in [0.2, 0.25) is 5.02 Å². The summed E-state index contributed by atoms with van der Waals surface area (Å²) in [5.41, 5.74) is -0.382. The fourth-order valence-electron chi connectivity index (χ4n) is 2.12. The van der Waals surface area contributed by atoms with Crippen LogP contribution in [-0.4, -0.2) is 36.0 Å². The number of carbonyl (C=O) groups is 3. The van der Waals surface area contributed by atoms with Crippen molar-refractivity contribution in [2.45, 2.75) is 0 Å². The summed E-state index contributed by atoms with van der Waals surface area (Å²) < 4.78 is 13.6. The fraction of sp³-hybridized carbons (Fsp3) is 0.118. The minimum atomic E-state index is -1.21. The highest BCUT2D eigenvalue weighted by Gasteiger charge is 2.17. The van der Waals surface area contributed by atoms with Gasteiger partial charge in [0.2, 0.25) is 0 Å². The van der Waals surface area contributed by atoms with E-state index in [0.29, 0.717) is 0 Å². The molecular weight excluding hydrogens is 351 g/mol. The van der Waals surface area contributed by atoms with Crippen LogP contribution in [0.5, 0.6) is 0 Å². The Morgan fingerprint density at radius 2 is 1.52 bits per heavy atom. The summed E-state index contributed by atoms with van der Waals surface area (Å²) >= 11 is 5.79. The van der Waals surface area contributed by atoms with E-state index in [1.807, 2.05) is 0 Å². The first-order valence-electron chi connectivity index (χ1n) is 7.24. The molecule has 3 N–H and O–H groups in total. The molecule has 0 aromatic heterocycles. The van der Waals surface area contributed by atoms with E-state index in [1.165, 1.54) is 30.3 Å². The average Bonchev–Trinajstić information content (AvgIpc) is 2.58. The molecule has 2 aromatic carbocycles. The van der Waals surface area contributed by atoms with E-state index in [4.69, 9.17) is 16.7 Å². The molecule has 0 fully saturated rings. The molecule has 0 saturated carbocycles. The first kappa shape index (κ1) is 18.4. The Balaban J connectivity index is 1.90. The minimum absolute atomic E-state index is 0.0125. The number of amides is 2. The van der Waals surface area contributed by atoms with Gasteiger partial charge in [0.25, 0.3) is 11.8 Å². The zero-order valence-electron chi connectivity index (χ0n) is 12.9. The van der Waals surface area contributed by atoms with Crippen molar-refractivity contribution in [3.63, 3.8) is 0 Å². The van der Waals surface area contributed by atoms with Crippen molar-refractivity contribution in [1.29, 1.82) is 0 Å². The molecule has 2 amide bonds. The molecule has 0 bridgehead atoms. The zero-order chi connectivity index (χ0) is 18.4. The van der Waals surface area contributed by atoms with Gasteiger partial charge in [-0.1, -0.05) is 29.8 Å². The second kappa shape index (κ2) is 8.25. The van der Waals surface area contributed by atoms with E-state index in [9.17, 15) is 18.8 Å². The fourth-order valence-corrected chi connectivity index (χ4v) is 2.37. The number of carboxylic acids is 1. The maximum atomic E-state index is 13.6. The summed E-state index contributed by atoms with van der Waals surface area (Å²) in [5.74, 6) is -3.25. The Hall–Kier alpha value is -2.93. The Morgan fingerprint density at radius 3 is 2.12 bits per heavy atom. The molecule has 0 saturated heterocycles. The van der Waals surface area contributed by atoms with E-state index in [0.717, 1.165) is 6.07 Å². The molecule has 6 nitrogen and oxygen atoms in total. The summed E-state index contributed by atoms with van der Waals surface area (Å²) in [6, 6.07) is 9.65. The monoisotopic (exact) mass is 364 g/mol. The predicted molar refractivity (Wildman–Crippen MR) is 89.5 cm³/mol. The second-order valence-corrected chi connectivity index (χ2v) is 5.37. The third-order valence-electron chi connectivity index (χ3n) is 3.29. The van der Waals surface area contributed by atoms with Crippen LogP contribution in [0.25, 0.3) is 0 Å². The lowest BCUT2D eigenvalue weighted by atomic mass is 10.1. The number of carbonyl (C=O) groups excluding carboxylic acids is 2. The van der Waals surface area contributed by atoms with Gasteiger partial charge < -0.3 is 15.7 Å². The van der Waals surface area contributed by atoms with Gasteiger partial charge in [-0.3, -0.25) is 9.59 Å². The van der Waals surface area contributed by atoms with Crippen LogP contribution in [0, 0.1) is 5.82 Å². The molecule has 0 unspecified atom stereocenters. The van der Waals surface area contributed by atoms with Gasteiger partial charge in [0, 0.05) is 13.1 Å². The first-order chi connectivity index (χ1) is 11.9. The maximum Gasteiger partial charge on any atom is 0.336 e. The SMILES string of the molecule is O=C(O)c1ccccc1C(=O)NCCNC(=O)c1c(F)cccc1Cl. The van der Waals surface area contributed by atoms with Crippen LogP contribution < -0.4 is 10.6 Å². The Labute approximate surface area is 147 Å². The molecule has 0 aliphatic carbocycles. The number of rotatable bonds is 6. The van der Waals surface area contributed by atoms with Crippen LogP contribution in [0.4, 0.5) is 4.39 Å². The summed E-state index contributed by atoms with van der Waals surface area (Å²) in [6.45, 7) is 0.0507. The molecule has 130 valence electrons. The predicted octanol–water partition coefficient (Wildman–Crippen LogP) is 2.34. The molecule has 0 heterocycles. The van der Waals surface area contributed by atoms with Crippen molar-refractivity contribution in [3.8, 4) is 0 Å². The van der Waals surface area contributed by atoms with Gasteiger partial charge in [0.1, 0.15) is 5.82 Å². The number of nitrogens with one attached hydrogen (secondary N) is 2. The number of hydrogen-bond donors (Lipinski definition) is 3. The largest absolute Gasteiger partial charge is 0.478 e. The number of halogens is 2. The second-order valence-electron chi connectivity index (χ2n) is 4.96. The van der Waals surface area contributed by atoms with E-state index < -0.39 is 23.6 Å². The Bertz CT molecular complexity index is 806. The Kier molecular flexibility index (Phi) is 6.08. The van der Waals surface area contributed by atoms with Crippen molar-refractivity contribution >= 4 is 29.4 Å². The minimum Gasteiger partial charge on any atom is -0.478 e. The van der Waals surface area contributed by atoms with Gasteiger partial charge in [-0.15, -0.1) is 0 Å². The van der Waals surface area contributed by atoms with E-state index in [1.54, 1.807) is 6.07 Å². The topological polar surface area (TPSA) is 95.5 Å². The van der Waals surface area contributed by atoms with Gasteiger partial charge in [-0.05, 0) is 24.3 Å². The van der Waals surface area contributed by atoms with Gasteiger partial charge in [-0.25, -0.2) is 9.18 Å². The summed E-state index contributed by atoms with van der Waals surface area (Å²) in [4.78, 5) is 35.0. The number of carboxylic acid groups (broad SMARTS) is 1. The molecule has 0 radical (unpaired) electrons. The standard InChI is InChI=1S/C17H14ClFN2O4/c18-12-6-3-7-13(19)14(12)16(23)21-9-8-20-15(22)10-4-1-2-5-11(10)17(24)25/h1-7H,8-9H2,(H,20,22)(H,21,23)(H,24,25). The average molecular weight is 365 g/mol. The van der Waals surface area contributed by atoms with Crippen LogP contribution in [0.1, 0.15) is 31.1 Å². The zero-order valence-corrected chi connectivity index (χ0v) is 13.6. The van der Waals surface area contributed by atoms with Gasteiger partial charge in [0.15, 0.2) is 0 Å². The summed E-state index contributed by atoms with van der Waals surface area (Å²) in [7, 11) is 0. The highest BCUT2D eigenvalue weighted by molar-refractivity contribution is 6.33. The molecule has 0 aliphatic rings. The highest BCUT2D eigenvalue weighted by Crippen LogP contribution is 2.18. The third-order valence-corrected chi connectivity index (χ3v) is 3.60. The normalized spacial score (nSPS) is 10.2. The lowest BCUT2D eigenvalue weighted by Gasteiger charge is -2.10. The molecule has 0 spiro atoms. The Morgan fingerprint density at radius 1 is 0.920 bits per heavy atom. The van der Waals surface area contributed by atoms with Crippen LogP contribution in [0.15, 0.2) is 42.5 Å². The number of aromatic carboxylic acids is 1. The van der Waals surface area contributed by atoms with Gasteiger partial charge in [0.05, 0.1) is 21.7 Å².